The van der Waals surface area contributed by atoms with E-state index in [1.54, 1.807) is 4.90 Å². The normalized spacial score (nSPS) is 25.0. The maximum atomic E-state index is 12.8. The van der Waals surface area contributed by atoms with Gasteiger partial charge < -0.3 is 23.7 Å². The average molecular weight is 490 g/mol. The zero-order chi connectivity index (χ0) is 24.7. The van der Waals surface area contributed by atoms with Crippen molar-refractivity contribution in [2.45, 2.75) is 50.4 Å². The summed E-state index contributed by atoms with van der Waals surface area (Å²) in [5, 5.41) is 0. The molecule has 5 rings (SSSR count). The van der Waals surface area contributed by atoms with E-state index in [4.69, 9.17) is 23.7 Å². The zero-order valence-corrected chi connectivity index (χ0v) is 20.3. The van der Waals surface area contributed by atoms with Gasteiger partial charge in [0.05, 0.1) is 39.6 Å². The number of fused-ring (bicyclic) bond motifs is 2. The van der Waals surface area contributed by atoms with Crippen LogP contribution < -0.4 is 0 Å². The van der Waals surface area contributed by atoms with Gasteiger partial charge in [0.25, 0.3) is 0 Å². The fourth-order valence-corrected chi connectivity index (χ4v) is 4.84. The molecule has 7 nitrogen and oxygen atoms in total. The van der Waals surface area contributed by atoms with Gasteiger partial charge in [0.2, 0.25) is 0 Å². The van der Waals surface area contributed by atoms with Gasteiger partial charge in [-0.15, -0.1) is 0 Å². The quantitative estimate of drug-likeness (QED) is 0.439. The summed E-state index contributed by atoms with van der Waals surface area (Å²) in [6, 6.07) is 29.5. The van der Waals surface area contributed by atoms with Crippen molar-refractivity contribution in [3.8, 4) is 0 Å². The molecule has 2 bridgehead atoms. The molecule has 36 heavy (non-hydrogen) atoms. The SMILES string of the molecule is COC(=O)N1[C@@H]2CO[C@H]1[C@H](OCc1ccccc1)[C@@H](OCc1ccccc1)[C@@H]2OCc1ccccc1. The second-order valence-corrected chi connectivity index (χ2v) is 8.95. The van der Waals surface area contributed by atoms with Crippen molar-refractivity contribution in [2.24, 2.45) is 0 Å². The Bertz CT molecular complexity index is 1040. The summed E-state index contributed by atoms with van der Waals surface area (Å²) < 4.78 is 30.6. The number of benzene rings is 3. The lowest BCUT2D eigenvalue weighted by Gasteiger charge is -2.45. The van der Waals surface area contributed by atoms with E-state index in [1.807, 2.05) is 91.0 Å². The number of hydrogen-bond acceptors (Lipinski definition) is 6. The molecule has 3 aromatic rings. The molecule has 0 unspecified atom stereocenters. The zero-order valence-electron chi connectivity index (χ0n) is 20.3. The van der Waals surface area contributed by atoms with Gasteiger partial charge in [-0.1, -0.05) is 91.0 Å². The van der Waals surface area contributed by atoms with Crippen LogP contribution in [0.4, 0.5) is 4.79 Å². The Morgan fingerprint density at radius 2 is 1.17 bits per heavy atom. The molecule has 0 saturated carbocycles. The van der Waals surface area contributed by atoms with E-state index < -0.39 is 30.6 Å². The molecule has 0 spiro atoms. The third-order valence-corrected chi connectivity index (χ3v) is 6.62. The highest BCUT2D eigenvalue weighted by Gasteiger charge is 2.58. The highest BCUT2D eigenvalue weighted by molar-refractivity contribution is 5.69. The summed E-state index contributed by atoms with van der Waals surface area (Å²) in [6.07, 6.45) is -2.62. The number of ether oxygens (including phenoxy) is 5. The molecule has 2 aliphatic rings. The molecule has 0 radical (unpaired) electrons. The Morgan fingerprint density at radius 1 is 0.722 bits per heavy atom. The van der Waals surface area contributed by atoms with Gasteiger partial charge in [0, 0.05) is 0 Å². The molecule has 2 saturated heterocycles. The molecule has 5 atom stereocenters. The van der Waals surface area contributed by atoms with Crippen molar-refractivity contribution in [3.63, 3.8) is 0 Å². The van der Waals surface area contributed by atoms with Gasteiger partial charge in [0.15, 0.2) is 6.23 Å². The standard InChI is InChI=1S/C29H31NO6/c1-32-29(31)30-24-20-36-28(30)27(35-19-23-15-9-4-10-16-23)26(34-18-22-13-7-3-8-14-22)25(24)33-17-21-11-5-2-6-12-21/h2-16,24-28H,17-20H2,1H3/t24-,25-,26+,27-,28+/m1/s1. The smallest absolute Gasteiger partial charge is 0.412 e. The first-order valence-corrected chi connectivity index (χ1v) is 12.2. The molecule has 3 aromatic carbocycles. The van der Waals surface area contributed by atoms with E-state index in [2.05, 4.69) is 0 Å². The number of rotatable bonds is 9. The molecule has 2 heterocycles. The Balaban J connectivity index is 1.43. The lowest BCUT2D eigenvalue weighted by molar-refractivity contribution is -0.220. The van der Waals surface area contributed by atoms with Crippen LogP contribution in [0.5, 0.6) is 0 Å². The van der Waals surface area contributed by atoms with Crippen LogP contribution in [0.3, 0.4) is 0 Å². The second-order valence-electron chi connectivity index (χ2n) is 8.95. The van der Waals surface area contributed by atoms with Gasteiger partial charge in [-0.2, -0.15) is 0 Å². The molecule has 188 valence electrons. The van der Waals surface area contributed by atoms with Crippen molar-refractivity contribution in [3.05, 3.63) is 108 Å². The topological polar surface area (TPSA) is 66.5 Å². The number of amides is 1. The number of methoxy groups -OCH3 is 1. The monoisotopic (exact) mass is 489 g/mol. The highest BCUT2D eigenvalue weighted by atomic mass is 16.6. The van der Waals surface area contributed by atoms with Crippen LogP contribution in [0.2, 0.25) is 0 Å². The predicted octanol–water partition coefficient (Wildman–Crippen LogP) is 4.55. The minimum absolute atomic E-state index is 0.315. The summed E-state index contributed by atoms with van der Waals surface area (Å²) in [7, 11) is 1.37. The lowest BCUT2D eigenvalue weighted by atomic mass is 9.94. The fourth-order valence-electron chi connectivity index (χ4n) is 4.84. The van der Waals surface area contributed by atoms with Crippen molar-refractivity contribution in [1.29, 1.82) is 0 Å². The number of carbonyl (C=O) groups is 1. The molecule has 1 amide bonds. The van der Waals surface area contributed by atoms with Crippen LogP contribution in [0.25, 0.3) is 0 Å². The second kappa shape index (κ2) is 11.7. The lowest BCUT2D eigenvalue weighted by Crippen LogP contribution is -2.65. The van der Waals surface area contributed by atoms with Gasteiger partial charge in [-0.3, -0.25) is 4.90 Å². The first-order valence-electron chi connectivity index (χ1n) is 12.2. The molecule has 2 aliphatic heterocycles. The average Bonchev–Trinajstić information content (AvgIpc) is 3.31. The van der Waals surface area contributed by atoms with Crippen molar-refractivity contribution in [1.82, 2.24) is 4.90 Å². The van der Waals surface area contributed by atoms with E-state index in [0.29, 0.717) is 26.4 Å². The molecule has 0 aromatic heterocycles. The maximum Gasteiger partial charge on any atom is 0.412 e. The number of carbonyl (C=O) groups excluding carboxylic acids is 1. The van der Waals surface area contributed by atoms with Crippen molar-refractivity contribution in [2.75, 3.05) is 13.7 Å². The fraction of sp³-hybridized carbons (Fsp3) is 0.345. The summed E-state index contributed by atoms with van der Waals surface area (Å²) in [5.74, 6) is 0. The van der Waals surface area contributed by atoms with Crippen LogP contribution in [-0.4, -0.2) is 55.3 Å². The van der Waals surface area contributed by atoms with Crippen LogP contribution in [-0.2, 0) is 43.5 Å². The van der Waals surface area contributed by atoms with Gasteiger partial charge in [-0.25, -0.2) is 4.79 Å². The van der Waals surface area contributed by atoms with Crippen LogP contribution >= 0.6 is 0 Å². The van der Waals surface area contributed by atoms with Crippen LogP contribution in [0.1, 0.15) is 16.7 Å². The first kappa shape index (κ1) is 24.5. The Labute approximate surface area is 211 Å². The van der Waals surface area contributed by atoms with Crippen molar-refractivity contribution >= 4 is 6.09 Å². The van der Waals surface area contributed by atoms with E-state index >= 15 is 0 Å². The van der Waals surface area contributed by atoms with Crippen LogP contribution in [0.15, 0.2) is 91.0 Å². The predicted molar refractivity (Wildman–Crippen MR) is 133 cm³/mol. The summed E-state index contributed by atoms with van der Waals surface area (Å²) in [4.78, 5) is 14.4. The number of piperidine rings is 1. The summed E-state index contributed by atoms with van der Waals surface area (Å²) in [6.45, 7) is 1.43. The molecule has 0 aliphatic carbocycles. The van der Waals surface area contributed by atoms with Gasteiger partial charge in [-0.05, 0) is 16.7 Å². The van der Waals surface area contributed by atoms with Gasteiger partial charge >= 0.3 is 6.09 Å². The molecular formula is C29H31NO6. The van der Waals surface area contributed by atoms with Gasteiger partial charge in [0.1, 0.15) is 18.3 Å². The summed E-state index contributed by atoms with van der Waals surface area (Å²) >= 11 is 0. The van der Waals surface area contributed by atoms with E-state index in [1.165, 1.54) is 7.11 Å². The molecule has 0 N–H and O–H groups in total. The largest absolute Gasteiger partial charge is 0.453 e. The minimum atomic E-state index is -0.636. The first-order chi connectivity index (χ1) is 17.7. The summed E-state index contributed by atoms with van der Waals surface area (Å²) in [5.41, 5.74) is 3.10. The van der Waals surface area contributed by atoms with Crippen LogP contribution in [0, 0.1) is 0 Å². The Kier molecular flexibility index (Phi) is 7.93. The molecule has 7 heteroatoms. The van der Waals surface area contributed by atoms with Crippen molar-refractivity contribution < 1.29 is 28.5 Å². The number of hydrogen-bond donors (Lipinski definition) is 0. The minimum Gasteiger partial charge on any atom is -0.453 e. The molecular weight excluding hydrogens is 458 g/mol. The maximum absolute atomic E-state index is 12.8. The third kappa shape index (κ3) is 5.44. The van der Waals surface area contributed by atoms with E-state index in [-0.39, 0.29) is 6.04 Å². The van der Waals surface area contributed by atoms with E-state index in [0.717, 1.165) is 16.7 Å². The third-order valence-electron chi connectivity index (χ3n) is 6.62. The molecule has 2 fully saturated rings. The Hall–Kier alpha value is -3.23. The van der Waals surface area contributed by atoms with E-state index in [9.17, 15) is 4.79 Å². The highest BCUT2D eigenvalue weighted by Crippen LogP contribution is 2.38. The Morgan fingerprint density at radius 3 is 1.64 bits per heavy atom. The number of nitrogens with zero attached hydrogens (tertiary/aromatic N) is 1.